The summed E-state index contributed by atoms with van der Waals surface area (Å²) >= 11 is 5.24. The van der Waals surface area contributed by atoms with E-state index >= 15 is 0 Å². The van der Waals surface area contributed by atoms with Crippen LogP contribution in [0.3, 0.4) is 0 Å². The number of allylic oxidation sites excluding steroid dienone is 1. The Balaban J connectivity index is 1.61. The monoisotopic (exact) mass is 504 g/mol. The van der Waals surface area contributed by atoms with Crippen LogP contribution in [0.1, 0.15) is 199 Å². The summed E-state index contributed by atoms with van der Waals surface area (Å²) in [6, 6.07) is 0. The van der Waals surface area contributed by atoms with Crippen LogP contribution in [0, 0.1) is 0 Å². The van der Waals surface area contributed by atoms with Crippen LogP contribution < -0.4 is 0 Å². The highest BCUT2D eigenvalue weighted by Crippen LogP contribution is 2.44. The van der Waals surface area contributed by atoms with E-state index in [4.69, 9.17) is 12.6 Å². The fourth-order valence-corrected chi connectivity index (χ4v) is 7.14. The lowest BCUT2D eigenvalue weighted by molar-refractivity contribution is 0.510. The standard InChI is InChI=1S/C34H64S/c35-34-31-27-25-23-21-19-17-15-13-11-9-7-5-3-1-2-4-6-8-10-12-14-16-18-20-22-24-26-29-33(34)30-28-32-34/h29,35H,1-28,30-32H2/b33-29+. The lowest BCUT2D eigenvalue weighted by Crippen LogP contribution is -2.19. The molecule has 2 aliphatic rings. The maximum absolute atomic E-state index is 5.24. The molecule has 1 saturated carbocycles. The number of fused-ring (bicyclic) bond motifs is 1. The van der Waals surface area contributed by atoms with Crippen LogP contribution in [0.25, 0.3) is 0 Å². The molecule has 35 heavy (non-hydrogen) atoms. The lowest BCUT2D eigenvalue weighted by Gasteiger charge is -2.25. The zero-order valence-electron chi connectivity index (χ0n) is 23.9. The van der Waals surface area contributed by atoms with E-state index in [1.165, 1.54) is 199 Å². The van der Waals surface area contributed by atoms with Crippen molar-refractivity contribution in [2.45, 2.75) is 204 Å². The first-order valence-electron chi connectivity index (χ1n) is 16.7. The summed E-state index contributed by atoms with van der Waals surface area (Å²) in [5.74, 6) is 0. The van der Waals surface area contributed by atoms with Gasteiger partial charge in [0.25, 0.3) is 0 Å². The Labute approximate surface area is 227 Å². The minimum absolute atomic E-state index is 0.249. The van der Waals surface area contributed by atoms with E-state index in [-0.39, 0.29) is 4.75 Å². The Morgan fingerprint density at radius 1 is 0.371 bits per heavy atom. The van der Waals surface area contributed by atoms with Crippen molar-refractivity contribution in [3.05, 3.63) is 11.6 Å². The molecule has 1 fully saturated rings. The van der Waals surface area contributed by atoms with Gasteiger partial charge in [0, 0.05) is 4.75 Å². The molecule has 0 aromatic rings. The highest BCUT2D eigenvalue weighted by Gasteiger charge is 2.33. The Kier molecular flexibility index (Phi) is 19.8. The van der Waals surface area contributed by atoms with Crippen molar-refractivity contribution in [3.8, 4) is 0 Å². The van der Waals surface area contributed by atoms with Crippen LogP contribution in [0.15, 0.2) is 11.6 Å². The van der Waals surface area contributed by atoms with E-state index < -0.39 is 0 Å². The summed E-state index contributed by atoms with van der Waals surface area (Å²) < 4.78 is 0.249. The zero-order valence-corrected chi connectivity index (χ0v) is 24.8. The third-order valence-electron chi connectivity index (χ3n) is 9.07. The van der Waals surface area contributed by atoms with Crippen molar-refractivity contribution in [3.63, 3.8) is 0 Å². The molecule has 0 N–H and O–H groups in total. The number of thiol groups is 1. The Morgan fingerprint density at radius 3 is 1.03 bits per heavy atom. The second-order valence-electron chi connectivity index (χ2n) is 12.3. The predicted octanol–water partition coefficient (Wildman–Crippen LogP) is 12.7. The molecular formula is C34H64S. The van der Waals surface area contributed by atoms with Crippen molar-refractivity contribution in [2.24, 2.45) is 0 Å². The highest BCUT2D eigenvalue weighted by molar-refractivity contribution is 7.82. The van der Waals surface area contributed by atoms with Gasteiger partial charge < -0.3 is 0 Å². The Bertz CT molecular complexity index is 495. The van der Waals surface area contributed by atoms with Gasteiger partial charge in [0.1, 0.15) is 0 Å². The molecular weight excluding hydrogens is 440 g/mol. The summed E-state index contributed by atoms with van der Waals surface area (Å²) in [5, 5.41) is 0. The fourth-order valence-electron chi connectivity index (χ4n) is 6.62. The molecule has 1 atom stereocenters. The van der Waals surface area contributed by atoms with Crippen LogP contribution in [0.4, 0.5) is 0 Å². The topological polar surface area (TPSA) is 0 Å². The first-order chi connectivity index (χ1) is 17.3. The minimum atomic E-state index is 0.249. The number of rotatable bonds is 0. The van der Waals surface area contributed by atoms with Crippen LogP contribution in [0.5, 0.6) is 0 Å². The van der Waals surface area contributed by atoms with Crippen molar-refractivity contribution in [2.75, 3.05) is 0 Å². The van der Waals surface area contributed by atoms with Crippen molar-refractivity contribution >= 4 is 12.6 Å². The van der Waals surface area contributed by atoms with E-state index in [9.17, 15) is 0 Å². The lowest BCUT2D eigenvalue weighted by atomic mass is 9.92. The summed E-state index contributed by atoms with van der Waals surface area (Å²) in [6.45, 7) is 0. The maximum Gasteiger partial charge on any atom is 0.0338 e. The third kappa shape index (κ3) is 16.5. The van der Waals surface area contributed by atoms with E-state index in [1.54, 1.807) is 5.57 Å². The van der Waals surface area contributed by atoms with Crippen LogP contribution in [-0.4, -0.2) is 4.75 Å². The molecule has 0 heterocycles. The van der Waals surface area contributed by atoms with Gasteiger partial charge in [0.05, 0.1) is 0 Å². The first kappa shape index (κ1) is 31.3. The summed E-state index contributed by atoms with van der Waals surface area (Å²) in [6.07, 6.45) is 47.4. The van der Waals surface area contributed by atoms with Gasteiger partial charge >= 0.3 is 0 Å². The van der Waals surface area contributed by atoms with E-state index in [1.807, 2.05) is 0 Å². The van der Waals surface area contributed by atoms with E-state index in [0.717, 1.165) is 0 Å². The van der Waals surface area contributed by atoms with E-state index in [2.05, 4.69) is 6.08 Å². The van der Waals surface area contributed by atoms with Gasteiger partial charge in [0.15, 0.2) is 0 Å². The van der Waals surface area contributed by atoms with Crippen LogP contribution in [-0.2, 0) is 0 Å². The molecule has 0 nitrogen and oxygen atoms in total. The van der Waals surface area contributed by atoms with Gasteiger partial charge in [0.2, 0.25) is 0 Å². The summed E-state index contributed by atoms with van der Waals surface area (Å²) in [7, 11) is 0. The smallest absolute Gasteiger partial charge is 0.0338 e. The molecule has 206 valence electrons. The Hall–Kier alpha value is 0.0900. The first-order valence-corrected chi connectivity index (χ1v) is 17.2. The molecule has 0 aromatic heterocycles. The van der Waals surface area contributed by atoms with E-state index in [0.29, 0.717) is 0 Å². The molecule has 0 radical (unpaired) electrons. The maximum atomic E-state index is 5.24. The minimum Gasteiger partial charge on any atom is -0.168 e. The molecule has 1 heteroatoms. The molecule has 0 aliphatic heterocycles. The van der Waals surface area contributed by atoms with Gasteiger partial charge in [-0.05, 0) is 38.5 Å². The van der Waals surface area contributed by atoms with Gasteiger partial charge in [-0.2, -0.15) is 12.6 Å². The molecule has 0 aromatic carbocycles. The highest BCUT2D eigenvalue weighted by atomic mass is 32.1. The summed E-state index contributed by atoms with van der Waals surface area (Å²) in [5.41, 5.74) is 1.70. The SMILES string of the molecule is SC12CCCCCCCCCCCCCCCCCCCCCCCCCCCC/C=C/1CCC2. The average molecular weight is 505 g/mol. The van der Waals surface area contributed by atoms with Crippen molar-refractivity contribution < 1.29 is 0 Å². The largest absolute Gasteiger partial charge is 0.168 e. The molecule has 0 saturated heterocycles. The van der Waals surface area contributed by atoms with Gasteiger partial charge in [-0.15, -0.1) is 0 Å². The van der Waals surface area contributed by atoms with Gasteiger partial charge in [-0.25, -0.2) is 0 Å². The number of hydrogen-bond donors (Lipinski definition) is 1. The van der Waals surface area contributed by atoms with Crippen LogP contribution >= 0.6 is 12.6 Å². The third-order valence-corrected chi connectivity index (χ3v) is 9.80. The fraction of sp³-hybridized carbons (Fsp3) is 0.941. The molecule has 0 amide bonds. The molecule has 2 rings (SSSR count). The molecule has 0 spiro atoms. The predicted molar refractivity (Wildman–Crippen MR) is 163 cm³/mol. The van der Waals surface area contributed by atoms with Crippen molar-refractivity contribution in [1.29, 1.82) is 0 Å². The summed E-state index contributed by atoms with van der Waals surface area (Å²) in [4.78, 5) is 0. The zero-order chi connectivity index (χ0) is 24.7. The van der Waals surface area contributed by atoms with Gasteiger partial charge in [-0.1, -0.05) is 172 Å². The number of hydrogen-bond acceptors (Lipinski definition) is 1. The molecule has 2 aliphatic carbocycles. The normalized spacial score (nSPS) is 29.8. The average Bonchev–Trinajstić information content (AvgIpc) is 3.22. The second-order valence-corrected chi connectivity index (χ2v) is 13.2. The quantitative estimate of drug-likeness (QED) is 0.246. The van der Waals surface area contributed by atoms with Crippen molar-refractivity contribution in [1.82, 2.24) is 0 Å². The van der Waals surface area contributed by atoms with Crippen LogP contribution in [0.2, 0.25) is 0 Å². The van der Waals surface area contributed by atoms with Gasteiger partial charge in [-0.3, -0.25) is 0 Å². The Morgan fingerprint density at radius 2 is 0.657 bits per heavy atom. The second kappa shape index (κ2) is 22.1. The molecule has 0 bridgehead atoms. The molecule has 1 unspecified atom stereocenters.